The van der Waals surface area contributed by atoms with Crippen LogP contribution in [0.5, 0.6) is 0 Å². The van der Waals surface area contributed by atoms with Crippen LogP contribution in [-0.4, -0.2) is 12.2 Å². The van der Waals surface area contributed by atoms with Crippen LogP contribution in [0.3, 0.4) is 0 Å². The van der Waals surface area contributed by atoms with Crippen molar-refractivity contribution in [1.29, 1.82) is 0 Å². The van der Waals surface area contributed by atoms with Crippen LogP contribution in [0.1, 0.15) is 30.7 Å². The maximum absolute atomic E-state index is 11.9. The molecule has 0 aliphatic rings. The Morgan fingerprint density at radius 1 is 1.30 bits per heavy atom. The molecule has 0 saturated heterocycles. The average molecular weight is 289 g/mol. The first-order chi connectivity index (χ1) is 9.69. The molecule has 2 rings (SSSR count). The first kappa shape index (κ1) is 14.7. The number of hydrogen-bond donors (Lipinski definition) is 1. The number of amides is 1. The Balaban J connectivity index is 1.83. The fourth-order valence-electron chi connectivity index (χ4n) is 1.98. The van der Waals surface area contributed by atoms with Crippen molar-refractivity contribution in [3.8, 4) is 0 Å². The molecule has 1 amide bonds. The molecule has 2 aromatic rings. The van der Waals surface area contributed by atoms with E-state index >= 15 is 0 Å². The summed E-state index contributed by atoms with van der Waals surface area (Å²) in [5.74, 6) is 0.889. The molecule has 20 heavy (non-hydrogen) atoms. The highest BCUT2D eigenvalue weighted by molar-refractivity contribution is 7.98. The van der Waals surface area contributed by atoms with Gasteiger partial charge in [-0.1, -0.05) is 12.1 Å². The van der Waals surface area contributed by atoms with Crippen LogP contribution in [0.25, 0.3) is 0 Å². The molecule has 0 aliphatic carbocycles. The van der Waals surface area contributed by atoms with Gasteiger partial charge in [0.1, 0.15) is 5.76 Å². The summed E-state index contributed by atoms with van der Waals surface area (Å²) in [6.45, 7) is 2.00. The summed E-state index contributed by atoms with van der Waals surface area (Å²) in [4.78, 5) is 13.1. The van der Waals surface area contributed by atoms with Gasteiger partial charge in [-0.3, -0.25) is 4.79 Å². The number of thioether (sulfide) groups is 1. The topological polar surface area (TPSA) is 42.2 Å². The zero-order chi connectivity index (χ0) is 14.4. The summed E-state index contributed by atoms with van der Waals surface area (Å²) < 4.78 is 5.22. The third kappa shape index (κ3) is 4.17. The summed E-state index contributed by atoms with van der Waals surface area (Å²) in [5.41, 5.74) is 1.12. The van der Waals surface area contributed by atoms with Crippen molar-refractivity contribution in [3.05, 3.63) is 54.0 Å². The van der Waals surface area contributed by atoms with Gasteiger partial charge in [0.25, 0.3) is 0 Å². The van der Waals surface area contributed by atoms with Crippen molar-refractivity contribution in [1.82, 2.24) is 5.32 Å². The third-order valence-electron chi connectivity index (χ3n) is 3.17. The van der Waals surface area contributed by atoms with Crippen LogP contribution in [0.4, 0.5) is 0 Å². The van der Waals surface area contributed by atoms with Crippen molar-refractivity contribution in [2.24, 2.45) is 0 Å². The first-order valence-corrected chi connectivity index (χ1v) is 7.87. The second-order valence-corrected chi connectivity index (χ2v) is 5.52. The fraction of sp³-hybridized carbons (Fsp3) is 0.312. The van der Waals surface area contributed by atoms with Crippen LogP contribution in [0.2, 0.25) is 0 Å². The minimum Gasteiger partial charge on any atom is -0.469 e. The van der Waals surface area contributed by atoms with Crippen molar-refractivity contribution >= 4 is 17.7 Å². The Kier molecular flexibility index (Phi) is 5.30. The molecule has 1 atom stereocenters. The first-order valence-electron chi connectivity index (χ1n) is 6.64. The molecule has 1 heterocycles. The number of aryl methyl sites for hydroxylation is 1. The maximum atomic E-state index is 11.9. The molecular weight excluding hydrogens is 270 g/mol. The highest BCUT2D eigenvalue weighted by atomic mass is 32.2. The monoisotopic (exact) mass is 289 g/mol. The molecule has 0 unspecified atom stereocenters. The molecule has 0 radical (unpaired) electrons. The summed E-state index contributed by atoms with van der Waals surface area (Å²) in [5, 5.41) is 3.01. The molecule has 4 heteroatoms. The molecule has 1 aromatic heterocycles. The zero-order valence-corrected chi connectivity index (χ0v) is 12.6. The van der Waals surface area contributed by atoms with Crippen LogP contribution < -0.4 is 5.32 Å². The number of rotatable bonds is 6. The van der Waals surface area contributed by atoms with Gasteiger partial charge in [-0.2, -0.15) is 0 Å². The maximum Gasteiger partial charge on any atom is 0.220 e. The molecule has 0 bridgehead atoms. The number of furan rings is 1. The Morgan fingerprint density at radius 2 is 2.05 bits per heavy atom. The van der Waals surface area contributed by atoms with E-state index in [2.05, 4.69) is 35.8 Å². The summed E-state index contributed by atoms with van der Waals surface area (Å²) >= 11 is 1.71. The van der Waals surface area contributed by atoms with Crippen LogP contribution in [0.15, 0.2) is 52.0 Å². The Morgan fingerprint density at radius 3 is 2.65 bits per heavy atom. The minimum absolute atomic E-state index is 0.0232. The van der Waals surface area contributed by atoms with Gasteiger partial charge in [0.05, 0.1) is 12.3 Å². The van der Waals surface area contributed by atoms with Crippen LogP contribution in [-0.2, 0) is 11.2 Å². The largest absolute Gasteiger partial charge is 0.469 e. The lowest BCUT2D eigenvalue weighted by Gasteiger charge is -2.14. The van der Waals surface area contributed by atoms with E-state index in [9.17, 15) is 4.79 Å². The van der Waals surface area contributed by atoms with Crippen LogP contribution in [0, 0.1) is 0 Å². The van der Waals surface area contributed by atoms with Gasteiger partial charge in [-0.25, -0.2) is 0 Å². The van der Waals surface area contributed by atoms with Gasteiger partial charge in [0.2, 0.25) is 5.91 Å². The van der Waals surface area contributed by atoms with Crippen molar-refractivity contribution in [2.75, 3.05) is 6.26 Å². The highest BCUT2D eigenvalue weighted by Crippen LogP contribution is 2.19. The van der Waals surface area contributed by atoms with Gasteiger partial charge >= 0.3 is 0 Å². The number of nitrogens with one attached hydrogen (secondary N) is 1. The second-order valence-electron chi connectivity index (χ2n) is 4.64. The average Bonchev–Trinajstić information content (AvgIpc) is 2.98. The van der Waals surface area contributed by atoms with E-state index in [1.54, 1.807) is 18.0 Å². The van der Waals surface area contributed by atoms with Gasteiger partial charge < -0.3 is 9.73 Å². The molecule has 0 spiro atoms. The number of carbonyl (C=O) groups is 1. The highest BCUT2D eigenvalue weighted by Gasteiger charge is 2.10. The zero-order valence-electron chi connectivity index (χ0n) is 11.8. The van der Waals surface area contributed by atoms with Crippen molar-refractivity contribution < 1.29 is 9.21 Å². The van der Waals surface area contributed by atoms with E-state index in [0.29, 0.717) is 12.8 Å². The van der Waals surface area contributed by atoms with Gasteiger partial charge in [-0.05, 0) is 43.0 Å². The van der Waals surface area contributed by atoms with Gasteiger partial charge in [0.15, 0.2) is 0 Å². The molecule has 0 saturated carbocycles. The van der Waals surface area contributed by atoms with Gasteiger partial charge in [0, 0.05) is 17.7 Å². The third-order valence-corrected chi connectivity index (χ3v) is 3.92. The summed E-state index contributed by atoms with van der Waals surface area (Å²) in [7, 11) is 0. The van der Waals surface area contributed by atoms with E-state index in [0.717, 1.165) is 11.3 Å². The number of hydrogen-bond acceptors (Lipinski definition) is 3. The molecule has 1 aromatic carbocycles. The quantitative estimate of drug-likeness (QED) is 0.822. The normalized spacial score (nSPS) is 12.1. The van der Waals surface area contributed by atoms with E-state index < -0.39 is 0 Å². The summed E-state index contributed by atoms with van der Waals surface area (Å²) in [6.07, 6.45) is 4.76. The van der Waals surface area contributed by atoms with Crippen LogP contribution >= 0.6 is 11.8 Å². The predicted octanol–water partition coefficient (Wildman–Crippen LogP) is 3.81. The van der Waals surface area contributed by atoms with E-state index in [1.165, 1.54) is 4.90 Å². The lowest BCUT2D eigenvalue weighted by Crippen LogP contribution is -2.26. The molecule has 3 nitrogen and oxygen atoms in total. The lowest BCUT2D eigenvalue weighted by atomic mass is 10.1. The number of benzene rings is 1. The Labute approximate surface area is 123 Å². The van der Waals surface area contributed by atoms with E-state index in [-0.39, 0.29) is 11.9 Å². The fourth-order valence-corrected chi connectivity index (χ4v) is 2.39. The van der Waals surface area contributed by atoms with Crippen molar-refractivity contribution in [2.45, 2.75) is 30.7 Å². The Hall–Kier alpha value is -1.68. The van der Waals surface area contributed by atoms with Crippen molar-refractivity contribution in [3.63, 3.8) is 0 Å². The van der Waals surface area contributed by atoms with E-state index in [4.69, 9.17) is 4.42 Å². The number of carbonyl (C=O) groups excluding carboxylic acids is 1. The molecule has 1 N–H and O–H groups in total. The standard InChI is InChI=1S/C16H19NO2S/c1-12(13-5-8-15(20-2)9-6-13)17-16(18)10-7-14-4-3-11-19-14/h3-6,8-9,11-12H,7,10H2,1-2H3,(H,17,18)/t12-/m0/s1. The molecule has 0 fully saturated rings. The predicted molar refractivity (Wildman–Crippen MR) is 81.8 cm³/mol. The summed E-state index contributed by atoms with van der Waals surface area (Å²) in [6, 6.07) is 12.0. The Bertz CT molecular complexity index is 534. The second kappa shape index (κ2) is 7.20. The minimum atomic E-state index is 0.0232. The van der Waals surface area contributed by atoms with E-state index in [1.807, 2.05) is 19.1 Å². The van der Waals surface area contributed by atoms with Gasteiger partial charge in [-0.15, -0.1) is 11.8 Å². The lowest BCUT2D eigenvalue weighted by molar-refractivity contribution is -0.121. The SMILES string of the molecule is CSc1ccc([C@H](C)NC(=O)CCc2ccco2)cc1. The molecule has 0 aliphatic heterocycles. The molecule has 106 valence electrons. The smallest absolute Gasteiger partial charge is 0.220 e. The molecular formula is C16H19NO2S.